The highest BCUT2D eigenvalue weighted by Gasteiger charge is 2.25. The van der Waals surface area contributed by atoms with Crippen molar-refractivity contribution in [1.82, 2.24) is 0 Å². The second-order valence-electron chi connectivity index (χ2n) is 4.39. The molecule has 0 aliphatic heterocycles. The Kier molecular flexibility index (Phi) is 4.59. The Morgan fingerprint density at radius 3 is 2.19 bits per heavy atom. The Morgan fingerprint density at radius 2 is 1.57 bits per heavy atom. The van der Waals surface area contributed by atoms with Crippen molar-refractivity contribution >= 4 is 27.1 Å². The van der Waals surface area contributed by atoms with Gasteiger partial charge in [-0.25, -0.2) is 8.42 Å². The molecular formula is C14H12ClNO4S. The van der Waals surface area contributed by atoms with Gasteiger partial charge in [-0.15, -0.1) is 11.6 Å². The van der Waals surface area contributed by atoms with Gasteiger partial charge in [0.2, 0.25) is 0 Å². The van der Waals surface area contributed by atoms with Crippen LogP contribution in [0.5, 0.6) is 0 Å². The van der Waals surface area contributed by atoms with Crippen LogP contribution in [0.15, 0.2) is 53.4 Å². The molecule has 2 rings (SSSR count). The third kappa shape index (κ3) is 3.40. The van der Waals surface area contributed by atoms with E-state index in [2.05, 4.69) is 0 Å². The Morgan fingerprint density at radius 1 is 1.00 bits per heavy atom. The van der Waals surface area contributed by atoms with Gasteiger partial charge in [0.1, 0.15) is 4.90 Å². The molecule has 0 bridgehead atoms. The molecule has 5 nitrogen and oxygen atoms in total. The van der Waals surface area contributed by atoms with Crippen LogP contribution < -0.4 is 0 Å². The number of para-hydroxylation sites is 1. The summed E-state index contributed by atoms with van der Waals surface area (Å²) in [6.45, 7) is 0. The SMILES string of the molecule is O=[N+]([O-])c1ccccc1S(=O)(=O)Cc1ccccc1CCl. The van der Waals surface area contributed by atoms with Crippen molar-refractivity contribution in [2.45, 2.75) is 16.5 Å². The summed E-state index contributed by atoms with van der Waals surface area (Å²) in [4.78, 5) is 9.99. The molecule has 0 aliphatic carbocycles. The van der Waals surface area contributed by atoms with Crippen molar-refractivity contribution in [3.63, 3.8) is 0 Å². The van der Waals surface area contributed by atoms with E-state index in [1.807, 2.05) is 0 Å². The highest BCUT2D eigenvalue weighted by Crippen LogP contribution is 2.27. The van der Waals surface area contributed by atoms with E-state index in [0.717, 1.165) is 0 Å². The number of rotatable bonds is 5. The van der Waals surface area contributed by atoms with Gasteiger partial charge < -0.3 is 0 Å². The van der Waals surface area contributed by atoms with Gasteiger partial charge in [0.25, 0.3) is 5.69 Å². The zero-order valence-corrected chi connectivity index (χ0v) is 12.5. The molecule has 2 aromatic carbocycles. The molecule has 0 saturated carbocycles. The van der Waals surface area contributed by atoms with Crippen LogP contribution in [0, 0.1) is 10.1 Å². The molecule has 0 amide bonds. The molecule has 7 heteroatoms. The van der Waals surface area contributed by atoms with Gasteiger partial charge >= 0.3 is 0 Å². The fraction of sp³-hybridized carbons (Fsp3) is 0.143. The second kappa shape index (κ2) is 6.24. The zero-order chi connectivity index (χ0) is 15.5. The highest BCUT2D eigenvalue weighted by molar-refractivity contribution is 7.90. The Hall–Kier alpha value is -1.92. The Balaban J connectivity index is 2.46. The summed E-state index contributed by atoms with van der Waals surface area (Å²) in [5.74, 6) is -0.136. The van der Waals surface area contributed by atoms with E-state index in [9.17, 15) is 18.5 Å². The van der Waals surface area contributed by atoms with E-state index in [-0.39, 0.29) is 16.5 Å². The maximum absolute atomic E-state index is 12.4. The van der Waals surface area contributed by atoms with E-state index < -0.39 is 20.4 Å². The Bertz CT molecular complexity index is 774. The average molecular weight is 326 g/mol. The summed E-state index contributed by atoms with van der Waals surface area (Å²) in [6, 6.07) is 12.2. The molecular weight excluding hydrogens is 314 g/mol. The summed E-state index contributed by atoms with van der Waals surface area (Å²) >= 11 is 5.79. The summed E-state index contributed by atoms with van der Waals surface area (Å²) in [5.41, 5.74) is 0.827. The molecule has 0 atom stereocenters. The number of nitro benzene ring substituents is 1. The fourth-order valence-corrected chi connectivity index (χ4v) is 3.84. The van der Waals surface area contributed by atoms with Crippen LogP contribution >= 0.6 is 11.6 Å². The standard InChI is InChI=1S/C14H12ClNO4S/c15-9-11-5-1-2-6-12(11)10-21(19,20)14-8-4-3-7-13(14)16(17)18/h1-8H,9-10H2. The molecule has 0 heterocycles. The van der Waals surface area contributed by atoms with Gasteiger partial charge in [-0.05, 0) is 17.2 Å². The number of alkyl halides is 1. The largest absolute Gasteiger partial charge is 0.287 e. The van der Waals surface area contributed by atoms with Crippen LogP contribution in [-0.2, 0) is 21.5 Å². The number of sulfone groups is 1. The Labute approximate surface area is 127 Å². The summed E-state index contributed by atoms with van der Waals surface area (Å²) in [7, 11) is -3.82. The van der Waals surface area contributed by atoms with Crippen LogP contribution in [-0.4, -0.2) is 13.3 Å². The molecule has 0 radical (unpaired) electrons. The number of halogens is 1. The molecule has 0 unspecified atom stereocenters. The minimum absolute atomic E-state index is 0.183. The van der Waals surface area contributed by atoms with Crippen LogP contribution in [0.2, 0.25) is 0 Å². The number of hydrogen-bond donors (Lipinski definition) is 0. The lowest BCUT2D eigenvalue weighted by Crippen LogP contribution is -2.09. The minimum Gasteiger partial charge on any atom is -0.258 e. The number of benzene rings is 2. The van der Waals surface area contributed by atoms with Gasteiger partial charge in [-0.1, -0.05) is 36.4 Å². The summed E-state index contributed by atoms with van der Waals surface area (Å²) in [5, 5.41) is 11.0. The second-order valence-corrected chi connectivity index (χ2v) is 6.61. The van der Waals surface area contributed by atoms with E-state index in [4.69, 9.17) is 11.6 Å². The number of hydrogen-bond acceptors (Lipinski definition) is 4. The van der Waals surface area contributed by atoms with Gasteiger partial charge in [-0.2, -0.15) is 0 Å². The molecule has 0 saturated heterocycles. The van der Waals surface area contributed by atoms with E-state index in [1.165, 1.54) is 24.3 Å². The maximum atomic E-state index is 12.4. The van der Waals surface area contributed by atoms with Crippen molar-refractivity contribution in [3.8, 4) is 0 Å². The first-order chi connectivity index (χ1) is 9.95. The lowest BCUT2D eigenvalue weighted by atomic mass is 10.1. The molecule has 2 aromatic rings. The van der Waals surface area contributed by atoms with Crippen LogP contribution in [0.25, 0.3) is 0 Å². The van der Waals surface area contributed by atoms with Gasteiger partial charge in [0, 0.05) is 11.9 Å². The predicted molar refractivity (Wildman–Crippen MR) is 80.0 cm³/mol. The fourth-order valence-electron chi connectivity index (χ4n) is 1.98. The van der Waals surface area contributed by atoms with Crippen molar-refractivity contribution in [1.29, 1.82) is 0 Å². The van der Waals surface area contributed by atoms with Gasteiger partial charge in [-0.3, -0.25) is 10.1 Å². The van der Waals surface area contributed by atoms with Crippen molar-refractivity contribution in [3.05, 3.63) is 69.8 Å². The maximum Gasteiger partial charge on any atom is 0.287 e. The van der Waals surface area contributed by atoms with E-state index in [1.54, 1.807) is 24.3 Å². The topological polar surface area (TPSA) is 77.3 Å². The van der Waals surface area contributed by atoms with Crippen LogP contribution in [0.3, 0.4) is 0 Å². The average Bonchev–Trinajstić information content (AvgIpc) is 2.47. The molecule has 110 valence electrons. The normalized spacial score (nSPS) is 11.3. The molecule has 21 heavy (non-hydrogen) atoms. The molecule has 0 N–H and O–H groups in total. The first-order valence-electron chi connectivity index (χ1n) is 6.04. The van der Waals surface area contributed by atoms with Crippen LogP contribution in [0.4, 0.5) is 5.69 Å². The molecule has 0 aromatic heterocycles. The lowest BCUT2D eigenvalue weighted by molar-refractivity contribution is -0.387. The summed E-state index contributed by atoms with van der Waals surface area (Å²) < 4.78 is 24.9. The lowest BCUT2D eigenvalue weighted by Gasteiger charge is -2.08. The van der Waals surface area contributed by atoms with Crippen molar-refractivity contribution < 1.29 is 13.3 Å². The monoisotopic (exact) mass is 325 g/mol. The third-order valence-electron chi connectivity index (χ3n) is 3.00. The molecule has 0 spiro atoms. The number of nitrogens with zero attached hydrogens (tertiary/aromatic N) is 1. The first kappa shape index (κ1) is 15.5. The molecule has 0 fully saturated rings. The van der Waals surface area contributed by atoms with E-state index >= 15 is 0 Å². The smallest absolute Gasteiger partial charge is 0.258 e. The predicted octanol–water partition coefficient (Wildman–Crippen LogP) is 3.31. The number of nitro groups is 1. The van der Waals surface area contributed by atoms with Crippen molar-refractivity contribution in [2.24, 2.45) is 0 Å². The minimum atomic E-state index is -3.82. The van der Waals surface area contributed by atoms with E-state index in [0.29, 0.717) is 11.1 Å². The highest BCUT2D eigenvalue weighted by atomic mass is 35.5. The summed E-state index contributed by atoms with van der Waals surface area (Å²) in [6.07, 6.45) is 0. The van der Waals surface area contributed by atoms with Crippen LogP contribution in [0.1, 0.15) is 11.1 Å². The van der Waals surface area contributed by atoms with Crippen molar-refractivity contribution in [2.75, 3.05) is 0 Å². The zero-order valence-electron chi connectivity index (χ0n) is 10.9. The van der Waals surface area contributed by atoms with Gasteiger partial charge in [0.15, 0.2) is 9.84 Å². The first-order valence-corrected chi connectivity index (χ1v) is 8.23. The van der Waals surface area contributed by atoms with Gasteiger partial charge in [0.05, 0.1) is 10.7 Å². The quantitative estimate of drug-likeness (QED) is 0.480. The molecule has 0 aliphatic rings. The third-order valence-corrected chi connectivity index (χ3v) is 5.00.